The lowest BCUT2D eigenvalue weighted by Crippen LogP contribution is -2.44. The summed E-state index contributed by atoms with van der Waals surface area (Å²) in [6.45, 7) is 5.44. The molecule has 0 amide bonds. The van der Waals surface area contributed by atoms with Crippen LogP contribution in [0.5, 0.6) is 0 Å². The van der Waals surface area contributed by atoms with E-state index in [-0.39, 0.29) is 16.1 Å². The molecule has 1 aliphatic rings. The third kappa shape index (κ3) is 8.12. The number of anilines is 2. The number of aromatic carboxylic acids is 1. The Labute approximate surface area is 207 Å². The van der Waals surface area contributed by atoms with Crippen LogP contribution in [0.2, 0.25) is 0 Å². The van der Waals surface area contributed by atoms with E-state index in [0.29, 0.717) is 0 Å². The molecule has 0 unspecified atom stereocenters. The van der Waals surface area contributed by atoms with E-state index in [2.05, 4.69) is 21.4 Å². The third-order valence-electron chi connectivity index (χ3n) is 5.36. The van der Waals surface area contributed by atoms with Gasteiger partial charge in [0.25, 0.3) is 10.0 Å². The number of halogens is 3. The van der Waals surface area contributed by atoms with Crippen molar-refractivity contribution in [2.24, 2.45) is 0 Å². The number of likely N-dealkylation sites (N-methyl/N-ethyl adjacent to an activating group) is 1. The monoisotopic (exact) mass is 531 g/mol. The standard InChI is InChI=1S/C21H27N3O4S.C2HF3O2/c1-3-4-16-5-8-18(9-6-16)29(27,28)22-20-10-7-17(15-19(20)21(25)26)24-13-11-23(2)12-14-24;3-2(4,5)1(6)7/h5-10,15,22H,3-4,11-14H2,1-2H3,(H,25,26);(H,6,7). The van der Waals surface area contributed by atoms with Crippen LogP contribution in [-0.2, 0) is 21.2 Å². The summed E-state index contributed by atoms with van der Waals surface area (Å²) in [6, 6.07) is 11.5. The molecule has 1 fully saturated rings. The molecular weight excluding hydrogens is 503 g/mol. The van der Waals surface area contributed by atoms with Crippen LogP contribution in [-0.4, -0.2) is 74.9 Å². The lowest BCUT2D eigenvalue weighted by atomic mass is 10.1. The summed E-state index contributed by atoms with van der Waals surface area (Å²) in [4.78, 5) is 25.1. The third-order valence-corrected chi connectivity index (χ3v) is 6.74. The number of carbonyl (C=O) groups is 2. The van der Waals surface area contributed by atoms with Crippen molar-refractivity contribution in [1.29, 1.82) is 0 Å². The molecule has 3 rings (SSSR count). The Kier molecular flexibility index (Phi) is 9.70. The molecule has 9 nitrogen and oxygen atoms in total. The van der Waals surface area contributed by atoms with Crippen LogP contribution in [0.3, 0.4) is 0 Å². The first-order valence-electron chi connectivity index (χ1n) is 11.0. The molecule has 0 spiro atoms. The zero-order chi connectivity index (χ0) is 27.1. The van der Waals surface area contributed by atoms with Gasteiger partial charge in [0.1, 0.15) is 0 Å². The van der Waals surface area contributed by atoms with Gasteiger partial charge < -0.3 is 20.0 Å². The molecule has 198 valence electrons. The topological polar surface area (TPSA) is 127 Å². The van der Waals surface area contributed by atoms with E-state index in [9.17, 15) is 31.5 Å². The van der Waals surface area contributed by atoms with E-state index < -0.39 is 28.1 Å². The molecule has 0 aliphatic carbocycles. The van der Waals surface area contributed by atoms with Gasteiger partial charge >= 0.3 is 18.1 Å². The second kappa shape index (κ2) is 12.1. The number of sulfonamides is 1. The lowest BCUT2D eigenvalue weighted by molar-refractivity contribution is -0.192. The Balaban J connectivity index is 0.000000572. The summed E-state index contributed by atoms with van der Waals surface area (Å²) >= 11 is 0. The first kappa shape index (κ1) is 28.9. The number of aryl methyl sites for hydroxylation is 1. The molecule has 1 aliphatic heterocycles. The van der Waals surface area contributed by atoms with Crippen molar-refractivity contribution in [3.8, 4) is 0 Å². The number of hydrogen-bond donors (Lipinski definition) is 3. The highest BCUT2D eigenvalue weighted by atomic mass is 32.2. The van der Waals surface area contributed by atoms with Gasteiger partial charge in [0.2, 0.25) is 0 Å². The van der Waals surface area contributed by atoms with Crippen LogP contribution in [0.4, 0.5) is 24.5 Å². The minimum atomic E-state index is -5.08. The predicted molar refractivity (Wildman–Crippen MR) is 128 cm³/mol. The summed E-state index contributed by atoms with van der Waals surface area (Å²) in [5, 5.41) is 16.8. The maximum Gasteiger partial charge on any atom is 0.490 e. The van der Waals surface area contributed by atoms with Gasteiger partial charge in [0.15, 0.2) is 0 Å². The van der Waals surface area contributed by atoms with E-state index in [0.717, 1.165) is 50.3 Å². The smallest absolute Gasteiger partial charge is 0.478 e. The van der Waals surface area contributed by atoms with E-state index in [4.69, 9.17) is 9.90 Å². The van der Waals surface area contributed by atoms with Crippen molar-refractivity contribution < 1.29 is 41.4 Å². The molecule has 3 N–H and O–H groups in total. The maximum absolute atomic E-state index is 12.7. The molecule has 1 saturated heterocycles. The van der Waals surface area contributed by atoms with Crippen LogP contribution in [0.1, 0.15) is 29.3 Å². The Hall–Kier alpha value is -3.32. The van der Waals surface area contributed by atoms with Crippen molar-refractivity contribution in [3.05, 3.63) is 53.6 Å². The fraction of sp³-hybridized carbons (Fsp3) is 0.391. The van der Waals surface area contributed by atoms with Gasteiger partial charge in [-0.1, -0.05) is 25.5 Å². The van der Waals surface area contributed by atoms with Crippen LogP contribution in [0, 0.1) is 0 Å². The average Bonchev–Trinajstić information content (AvgIpc) is 2.80. The second-order valence-corrected chi connectivity index (χ2v) is 9.81. The number of nitrogens with zero attached hydrogens (tertiary/aromatic N) is 2. The van der Waals surface area contributed by atoms with Crippen LogP contribution in [0.15, 0.2) is 47.4 Å². The fourth-order valence-corrected chi connectivity index (χ4v) is 4.47. The minimum Gasteiger partial charge on any atom is -0.478 e. The van der Waals surface area contributed by atoms with Crippen molar-refractivity contribution in [2.75, 3.05) is 42.8 Å². The number of hydrogen-bond acceptors (Lipinski definition) is 6. The van der Waals surface area contributed by atoms with Crippen molar-refractivity contribution in [2.45, 2.75) is 30.8 Å². The number of piperazine rings is 1. The number of carboxylic acid groups (broad SMARTS) is 2. The van der Waals surface area contributed by atoms with Crippen molar-refractivity contribution in [3.63, 3.8) is 0 Å². The fourth-order valence-electron chi connectivity index (χ4n) is 3.39. The predicted octanol–water partition coefficient (Wildman–Crippen LogP) is 3.52. The summed E-state index contributed by atoms with van der Waals surface area (Å²) in [7, 11) is -1.83. The number of carboxylic acids is 2. The molecule has 13 heteroatoms. The molecule has 0 bridgehead atoms. The van der Waals surface area contributed by atoms with Gasteiger partial charge in [-0.15, -0.1) is 0 Å². The summed E-state index contributed by atoms with van der Waals surface area (Å²) in [5.74, 6) is -3.93. The summed E-state index contributed by atoms with van der Waals surface area (Å²) in [5.41, 5.74) is 1.84. The van der Waals surface area contributed by atoms with Gasteiger partial charge in [0.05, 0.1) is 16.1 Å². The molecular formula is C23H28F3N3O6S. The second-order valence-electron chi connectivity index (χ2n) is 8.13. The van der Waals surface area contributed by atoms with Crippen molar-refractivity contribution >= 4 is 33.3 Å². The quantitative estimate of drug-likeness (QED) is 0.495. The zero-order valence-corrected chi connectivity index (χ0v) is 20.6. The van der Waals surface area contributed by atoms with Crippen molar-refractivity contribution in [1.82, 2.24) is 4.90 Å². The Bertz CT molecular complexity index is 1160. The normalized spacial score (nSPS) is 14.5. The van der Waals surface area contributed by atoms with Gasteiger partial charge in [0, 0.05) is 31.9 Å². The molecule has 0 aromatic heterocycles. The zero-order valence-electron chi connectivity index (χ0n) is 19.7. The highest BCUT2D eigenvalue weighted by Gasteiger charge is 2.38. The highest BCUT2D eigenvalue weighted by Crippen LogP contribution is 2.27. The van der Waals surface area contributed by atoms with E-state index in [1.54, 1.807) is 30.3 Å². The Morgan fingerprint density at radius 3 is 2.03 bits per heavy atom. The van der Waals surface area contributed by atoms with E-state index >= 15 is 0 Å². The van der Waals surface area contributed by atoms with Crippen LogP contribution >= 0.6 is 0 Å². The maximum atomic E-state index is 12.7. The molecule has 2 aromatic rings. The molecule has 36 heavy (non-hydrogen) atoms. The molecule has 0 saturated carbocycles. The number of alkyl halides is 3. The minimum absolute atomic E-state index is 0.0624. The Morgan fingerprint density at radius 2 is 1.56 bits per heavy atom. The first-order valence-corrected chi connectivity index (χ1v) is 12.5. The summed E-state index contributed by atoms with van der Waals surface area (Å²) in [6.07, 6.45) is -3.23. The van der Waals surface area contributed by atoms with Gasteiger partial charge in [-0.2, -0.15) is 13.2 Å². The number of rotatable bonds is 7. The number of aliphatic carboxylic acids is 1. The molecule has 0 radical (unpaired) electrons. The molecule has 2 aromatic carbocycles. The first-order chi connectivity index (χ1) is 16.7. The molecule has 1 heterocycles. The van der Waals surface area contributed by atoms with E-state index in [1.807, 2.05) is 7.05 Å². The Morgan fingerprint density at radius 1 is 1.00 bits per heavy atom. The SMILES string of the molecule is CCCc1ccc(S(=O)(=O)Nc2ccc(N3CCN(C)CC3)cc2C(=O)O)cc1.O=C(O)C(F)(F)F. The van der Waals surface area contributed by atoms with Gasteiger partial charge in [-0.3, -0.25) is 4.72 Å². The lowest BCUT2D eigenvalue weighted by Gasteiger charge is -2.34. The number of nitrogens with one attached hydrogen (secondary N) is 1. The van der Waals surface area contributed by atoms with E-state index in [1.165, 1.54) is 12.1 Å². The largest absolute Gasteiger partial charge is 0.490 e. The van der Waals surface area contributed by atoms with Gasteiger partial charge in [-0.25, -0.2) is 18.0 Å². The highest BCUT2D eigenvalue weighted by molar-refractivity contribution is 7.92. The van der Waals surface area contributed by atoms with Crippen LogP contribution in [0.25, 0.3) is 0 Å². The molecule has 0 atom stereocenters. The average molecular weight is 532 g/mol. The summed E-state index contributed by atoms with van der Waals surface area (Å²) < 4.78 is 59.7. The van der Waals surface area contributed by atoms with Crippen LogP contribution < -0.4 is 9.62 Å². The number of benzene rings is 2. The van der Waals surface area contributed by atoms with Gasteiger partial charge in [-0.05, 0) is 49.4 Å².